The monoisotopic (exact) mass is 475 g/mol. The predicted molar refractivity (Wildman–Crippen MR) is 131 cm³/mol. The number of nitrogens with zero attached hydrogens (tertiary/aromatic N) is 2. The third kappa shape index (κ3) is 3.54. The molecular formula is C26H22FN3O3S. The molecule has 0 saturated carbocycles. The summed E-state index contributed by atoms with van der Waals surface area (Å²) in [7, 11) is 0. The van der Waals surface area contributed by atoms with E-state index < -0.39 is 16.6 Å². The molecule has 1 N–H and O–H groups in total. The van der Waals surface area contributed by atoms with E-state index in [1.807, 2.05) is 24.3 Å². The molecule has 1 atom stereocenters. The number of halogens is 1. The molecule has 6 nitrogen and oxygen atoms in total. The molecule has 3 amide bonds. The van der Waals surface area contributed by atoms with Gasteiger partial charge in [0.25, 0.3) is 5.91 Å². The van der Waals surface area contributed by atoms with E-state index in [0.29, 0.717) is 22.6 Å². The van der Waals surface area contributed by atoms with Crippen LogP contribution in [0.15, 0.2) is 72.8 Å². The van der Waals surface area contributed by atoms with Crippen LogP contribution in [-0.4, -0.2) is 30.0 Å². The molecule has 1 saturated heterocycles. The molecule has 5 rings (SSSR count). The highest BCUT2D eigenvalue weighted by Crippen LogP contribution is 2.55. The smallest absolute Gasteiger partial charge is 0.269 e. The van der Waals surface area contributed by atoms with Gasteiger partial charge in [-0.2, -0.15) is 0 Å². The quantitative estimate of drug-likeness (QED) is 0.597. The lowest BCUT2D eigenvalue weighted by Gasteiger charge is -2.33. The van der Waals surface area contributed by atoms with Gasteiger partial charge in [-0.15, -0.1) is 11.8 Å². The molecule has 0 aromatic heterocycles. The van der Waals surface area contributed by atoms with Crippen molar-refractivity contribution < 1.29 is 18.8 Å². The Morgan fingerprint density at radius 1 is 1.06 bits per heavy atom. The number of para-hydroxylation sites is 1. The van der Waals surface area contributed by atoms with Crippen LogP contribution in [0.4, 0.5) is 21.5 Å². The van der Waals surface area contributed by atoms with Crippen LogP contribution in [0.2, 0.25) is 0 Å². The van der Waals surface area contributed by atoms with Gasteiger partial charge in [-0.1, -0.05) is 43.3 Å². The second-order valence-corrected chi connectivity index (χ2v) is 9.32. The van der Waals surface area contributed by atoms with E-state index in [1.54, 1.807) is 30.3 Å². The number of aryl methyl sites for hydroxylation is 1. The molecule has 0 radical (unpaired) electrons. The van der Waals surface area contributed by atoms with E-state index in [-0.39, 0.29) is 24.1 Å². The van der Waals surface area contributed by atoms with Crippen molar-refractivity contribution in [3.8, 4) is 0 Å². The Kier molecular flexibility index (Phi) is 5.61. The molecule has 0 aliphatic carbocycles. The molecule has 34 heavy (non-hydrogen) atoms. The van der Waals surface area contributed by atoms with Crippen LogP contribution < -0.4 is 15.1 Å². The summed E-state index contributed by atoms with van der Waals surface area (Å²) in [6.07, 6.45) is 0.896. The van der Waals surface area contributed by atoms with Crippen molar-refractivity contribution in [2.24, 2.45) is 0 Å². The van der Waals surface area contributed by atoms with Crippen LogP contribution in [0.25, 0.3) is 0 Å². The molecule has 3 aromatic rings. The van der Waals surface area contributed by atoms with E-state index in [1.165, 1.54) is 39.8 Å². The number of thioether (sulfide) groups is 1. The first-order valence-electron chi connectivity index (χ1n) is 11.0. The highest BCUT2D eigenvalue weighted by molar-refractivity contribution is 8.02. The Bertz CT molecular complexity index is 1300. The van der Waals surface area contributed by atoms with E-state index in [4.69, 9.17) is 0 Å². The van der Waals surface area contributed by atoms with E-state index in [0.717, 1.165) is 12.0 Å². The van der Waals surface area contributed by atoms with Gasteiger partial charge in [0, 0.05) is 16.9 Å². The molecule has 172 valence electrons. The molecule has 2 heterocycles. The van der Waals surface area contributed by atoms with Crippen LogP contribution >= 0.6 is 11.8 Å². The zero-order valence-corrected chi connectivity index (χ0v) is 19.3. The van der Waals surface area contributed by atoms with Crippen molar-refractivity contribution >= 4 is 46.5 Å². The maximum Gasteiger partial charge on any atom is 0.269 e. The number of rotatable bonds is 5. The number of amides is 3. The summed E-state index contributed by atoms with van der Waals surface area (Å²) in [5, 5.41) is 2.84. The highest BCUT2D eigenvalue weighted by atomic mass is 32.2. The fraction of sp³-hybridized carbons (Fsp3) is 0.192. The number of carbonyl (C=O) groups is 3. The van der Waals surface area contributed by atoms with Crippen LogP contribution in [0.5, 0.6) is 0 Å². The summed E-state index contributed by atoms with van der Waals surface area (Å²) in [4.78, 5) is 41.2. The number of carbonyl (C=O) groups excluding carboxylic acids is 3. The Balaban J connectivity index is 1.48. The predicted octanol–water partition coefficient (Wildman–Crippen LogP) is 4.31. The van der Waals surface area contributed by atoms with Crippen LogP contribution in [0, 0.1) is 5.82 Å². The van der Waals surface area contributed by atoms with Crippen LogP contribution in [-0.2, 0) is 25.7 Å². The standard InChI is InChI=1S/C26H22FN3O3S/c1-2-17-10-12-19(13-11-17)28-23(31)15-29-22-9-4-3-8-21(22)26(25(29)33)30(24(32)16-34-26)20-7-5-6-18(27)14-20/h3-14H,2,15-16H2,1H3,(H,28,31)/t26-/m0/s1. The van der Waals surface area contributed by atoms with Gasteiger partial charge < -0.3 is 5.32 Å². The summed E-state index contributed by atoms with van der Waals surface area (Å²) in [5.41, 5.74) is 3.28. The molecule has 8 heteroatoms. The third-order valence-electron chi connectivity index (χ3n) is 6.08. The second kappa shape index (κ2) is 8.61. The average molecular weight is 476 g/mol. The van der Waals surface area contributed by atoms with Gasteiger partial charge in [0.15, 0.2) is 0 Å². The molecule has 3 aromatic carbocycles. The van der Waals surface area contributed by atoms with Crippen molar-refractivity contribution in [3.63, 3.8) is 0 Å². The molecule has 0 bridgehead atoms. The Morgan fingerprint density at radius 3 is 2.56 bits per heavy atom. The van der Waals surface area contributed by atoms with Gasteiger partial charge in [-0.25, -0.2) is 4.39 Å². The lowest BCUT2D eigenvalue weighted by molar-refractivity contribution is -0.124. The Hall–Kier alpha value is -3.65. The second-order valence-electron chi connectivity index (χ2n) is 8.15. The van der Waals surface area contributed by atoms with Crippen molar-refractivity contribution in [2.75, 3.05) is 27.4 Å². The summed E-state index contributed by atoms with van der Waals surface area (Å²) < 4.78 is 14.0. The fourth-order valence-corrected chi connectivity index (χ4v) is 5.86. The Labute approximate surface area is 200 Å². The lowest BCUT2D eigenvalue weighted by atomic mass is 10.0. The van der Waals surface area contributed by atoms with Gasteiger partial charge in [0.2, 0.25) is 16.7 Å². The zero-order chi connectivity index (χ0) is 23.9. The van der Waals surface area contributed by atoms with Crippen LogP contribution in [0.1, 0.15) is 18.1 Å². The maximum atomic E-state index is 14.0. The van der Waals surface area contributed by atoms with Gasteiger partial charge in [0.05, 0.1) is 11.4 Å². The molecule has 1 fully saturated rings. The number of fused-ring (bicyclic) bond motifs is 2. The number of nitrogens with one attached hydrogen (secondary N) is 1. The van der Waals surface area contributed by atoms with E-state index in [9.17, 15) is 18.8 Å². The zero-order valence-electron chi connectivity index (χ0n) is 18.5. The minimum absolute atomic E-state index is 0.0698. The molecule has 0 unspecified atom stereocenters. The van der Waals surface area contributed by atoms with Gasteiger partial charge in [-0.3, -0.25) is 24.2 Å². The number of hydrogen-bond donors (Lipinski definition) is 1. The SMILES string of the molecule is CCc1ccc(NC(=O)CN2C(=O)[C@@]3(SCC(=O)N3c3cccc(F)c3)c3ccccc32)cc1. The van der Waals surface area contributed by atoms with Crippen LogP contribution in [0.3, 0.4) is 0 Å². The fourth-order valence-electron chi connectivity index (χ4n) is 4.50. The van der Waals surface area contributed by atoms with Gasteiger partial charge in [-0.05, 0) is 48.4 Å². The highest BCUT2D eigenvalue weighted by Gasteiger charge is 2.61. The Morgan fingerprint density at radius 2 is 1.82 bits per heavy atom. The minimum Gasteiger partial charge on any atom is -0.325 e. The normalized spacial score (nSPS) is 19.1. The lowest BCUT2D eigenvalue weighted by Crippen LogP contribution is -2.50. The summed E-state index contributed by atoms with van der Waals surface area (Å²) >= 11 is 1.19. The maximum absolute atomic E-state index is 14.0. The first-order chi connectivity index (χ1) is 16.4. The number of hydrogen-bond acceptors (Lipinski definition) is 4. The van der Waals surface area contributed by atoms with Crippen molar-refractivity contribution in [2.45, 2.75) is 18.2 Å². The minimum atomic E-state index is -1.38. The molecule has 1 spiro atoms. The first-order valence-corrected chi connectivity index (χ1v) is 12.0. The summed E-state index contributed by atoms with van der Waals surface area (Å²) in [6, 6.07) is 20.3. The van der Waals surface area contributed by atoms with Crippen molar-refractivity contribution in [3.05, 3.63) is 89.7 Å². The number of benzene rings is 3. The van der Waals surface area contributed by atoms with Crippen molar-refractivity contribution in [1.82, 2.24) is 0 Å². The van der Waals surface area contributed by atoms with E-state index in [2.05, 4.69) is 12.2 Å². The van der Waals surface area contributed by atoms with Gasteiger partial charge >= 0.3 is 0 Å². The summed E-state index contributed by atoms with van der Waals surface area (Å²) in [6.45, 7) is 1.84. The largest absolute Gasteiger partial charge is 0.325 e. The first kappa shape index (κ1) is 22.2. The van der Waals surface area contributed by atoms with E-state index >= 15 is 0 Å². The third-order valence-corrected chi connectivity index (χ3v) is 7.46. The topological polar surface area (TPSA) is 69.7 Å². The average Bonchev–Trinajstić information content (AvgIpc) is 3.30. The van der Waals surface area contributed by atoms with Gasteiger partial charge in [0.1, 0.15) is 12.4 Å². The molecular weight excluding hydrogens is 453 g/mol. The summed E-state index contributed by atoms with van der Waals surface area (Å²) in [5.74, 6) is -1.47. The molecule has 2 aliphatic heterocycles. The van der Waals surface area contributed by atoms with Crippen molar-refractivity contribution in [1.29, 1.82) is 0 Å². The number of anilines is 3. The molecule has 2 aliphatic rings.